The normalized spacial score (nSPS) is 15.7. The molecule has 21 heavy (non-hydrogen) atoms. The zero-order valence-electron chi connectivity index (χ0n) is 12.9. The molecule has 1 aliphatic rings. The van der Waals surface area contributed by atoms with Crippen molar-refractivity contribution < 1.29 is 9.47 Å². The molecule has 5 nitrogen and oxygen atoms in total. The van der Waals surface area contributed by atoms with Crippen molar-refractivity contribution >= 4 is 23.0 Å². The van der Waals surface area contributed by atoms with E-state index in [0.29, 0.717) is 11.5 Å². The Kier molecular flexibility index (Phi) is 5.64. The molecular formula is C15H23N3O2S. The first-order valence-electron chi connectivity index (χ1n) is 7.18. The third-order valence-electron chi connectivity index (χ3n) is 3.74. The van der Waals surface area contributed by atoms with E-state index >= 15 is 0 Å². The van der Waals surface area contributed by atoms with Crippen LogP contribution in [0.1, 0.15) is 6.92 Å². The number of methoxy groups -OCH3 is 2. The summed E-state index contributed by atoms with van der Waals surface area (Å²) in [6.45, 7) is 7.34. The molecule has 0 unspecified atom stereocenters. The second-order valence-electron chi connectivity index (χ2n) is 4.92. The largest absolute Gasteiger partial charge is 0.493 e. The minimum atomic E-state index is 0.695. The lowest BCUT2D eigenvalue weighted by Gasteiger charge is -2.35. The summed E-state index contributed by atoms with van der Waals surface area (Å²) in [6.07, 6.45) is 0. The van der Waals surface area contributed by atoms with E-state index in [2.05, 4.69) is 22.0 Å². The highest BCUT2D eigenvalue weighted by molar-refractivity contribution is 7.80. The number of hydrogen-bond donors (Lipinski definition) is 1. The van der Waals surface area contributed by atoms with Gasteiger partial charge in [0.15, 0.2) is 16.6 Å². The van der Waals surface area contributed by atoms with E-state index in [9.17, 15) is 0 Å². The van der Waals surface area contributed by atoms with Gasteiger partial charge in [-0.25, -0.2) is 0 Å². The highest BCUT2D eigenvalue weighted by atomic mass is 32.1. The van der Waals surface area contributed by atoms with E-state index in [1.165, 1.54) is 0 Å². The van der Waals surface area contributed by atoms with E-state index in [0.717, 1.165) is 43.5 Å². The van der Waals surface area contributed by atoms with Crippen LogP contribution in [-0.2, 0) is 0 Å². The number of likely N-dealkylation sites (N-methyl/N-ethyl adjacent to an activating group) is 1. The molecule has 0 spiro atoms. The Morgan fingerprint density at radius 1 is 1.14 bits per heavy atom. The van der Waals surface area contributed by atoms with E-state index in [1.807, 2.05) is 18.2 Å². The molecule has 0 saturated carbocycles. The number of ether oxygens (including phenoxy) is 2. The lowest BCUT2D eigenvalue weighted by Crippen LogP contribution is -2.49. The van der Waals surface area contributed by atoms with Gasteiger partial charge in [0.2, 0.25) is 0 Å². The number of benzene rings is 1. The summed E-state index contributed by atoms with van der Waals surface area (Å²) in [5.74, 6) is 1.41. The average molecular weight is 309 g/mol. The second kappa shape index (κ2) is 7.47. The van der Waals surface area contributed by atoms with Gasteiger partial charge in [-0.15, -0.1) is 0 Å². The maximum absolute atomic E-state index is 5.50. The predicted octanol–water partition coefficient (Wildman–Crippen LogP) is 2.04. The summed E-state index contributed by atoms with van der Waals surface area (Å²) in [4.78, 5) is 4.63. The fraction of sp³-hybridized carbons (Fsp3) is 0.533. The number of nitrogens with one attached hydrogen (secondary N) is 1. The number of rotatable bonds is 4. The lowest BCUT2D eigenvalue weighted by molar-refractivity contribution is 0.191. The Morgan fingerprint density at radius 2 is 1.81 bits per heavy atom. The summed E-state index contributed by atoms with van der Waals surface area (Å²) in [7, 11) is 3.26. The van der Waals surface area contributed by atoms with Crippen molar-refractivity contribution in [2.24, 2.45) is 0 Å². The number of thiocarbonyl (C=S) groups is 1. The van der Waals surface area contributed by atoms with E-state index in [1.54, 1.807) is 14.2 Å². The van der Waals surface area contributed by atoms with Crippen LogP contribution in [-0.4, -0.2) is 61.9 Å². The van der Waals surface area contributed by atoms with Gasteiger partial charge in [-0.1, -0.05) is 6.92 Å². The van der Waals surface area contributed by atoms with Crippen LogP contribution in [0.25, 0.3) is 0 Å². The SMILES string of the molecule is CCN1CCN(C(=S)Nc2ccc(OC)c(OC)c2)CC1. The molecule has 0 bridgehead atoms. The van der Waals surface area contributed by atoms with Crippen LogP contribution in [0.15, 0.2) is 18.2 Å². The summed E-state index contributed by atoms with van der Waals surface area (Å²) in [5, 5.41) is 4.04. The fourth-order valence-corrected chi connectivity index (χ4v) is 2.68. The van der Waals surface area contributed by atoms with Crippen LogP contribution in [0.4, 0.5) is 5.69 Å². The van der Waals surface area contributed by atoms with E-state index in [-0.39, 0.29) is 0 Å². The van der Waals surface area contributed by atoms with Crippen LogP contribution < -0.4 is 14.8 Å². The molecule has 1 fully saturated rings. The van der Waals surface area contributed by atoms with Crippen LogP contribution >= 0.6 is 12.2 Å². The topological polar surface area (TPSA) is 37.0 Å². The summed E-state index contributed by atoms with van der Waals surface area (Å²) in [6, 6.07) is 5.71. The molecule has 0 amide bonds. The Hall–Kier alpha value is -1.53. The molecule has 0 radical (unpaired) electrons. The van der Waals surface area contributed by atoms with Crippen molar-refractivity contribution in [2.45, 2.75) is 6.92 Å². The quantitative estimate of drug-likeness (QED) is 0.858. The van der Waals surface area contributed by atoms with Gasteiger partial charge in [0.05, 0.1) is 14.2 Å². The van der Waals surface area contributed by atoms with Crippen LogP contribution in [0.3, 0.4) is 0 Å². The Labute approximate surface area is 131 Å². The predicted molar refractivity (Wildman–Crippen MR) is 89.5 cm³/mol. The van der Waals surface area contributed by atoms with Gasteiger partial charge in [-0.05, 0) is 30.9 Å². The van der Waals surface area contributed by atoms with Crippen LogP contribution in [0.2, 0.25) is 0 Å². The second-order valence-corrected chi connectivity index (χ2v) is 5.31. The summed E-state index contributed by atoms with van der Waals surface area (Å²) < 4.78 is 10.5. The molecular weight excluding hydrogens is 286 g/mol. The molecule has 116 valence electrons. The molecule has 1 saturated heterocycles. The van der Waals surface area contributed by atoms with E-state index in [4.69, 9.17) is 21.7 Å². The summed E-state index contributed by atoms with van der Waals surface area (Å²) in [5.41, 5.74) is 0.913. The zero-order valence-corrected chi connectivity index (χ0v) is 13.7. The van der Waals surface area contributed by atoms with Gasteiger partial charge in [-0.2, -0.15) is 0 Å². The van der Waals surface area contributed by atoms with Gasteiger partial charge in [-0.3, -0.25) is 0 Å². The Bertz CT molecular complexity index is 488. The Morgan fingerprint density at radius 3 is 2.38 bits per heavy atom. The molecule has 1 aliphatic heterocycles. The zero-order chi connectivity index (χ0) is 15.2. The number of nitrogens with zero attached hydrogens (tertiary/aromatic N) is 2. The average Bonchev–Trinajstić information content (AvgIpc) is 2.54. The van der Waals surface area contributed by atoms with Crippen molar-refractivity contribution in [3.8, 4) is 11.5 Å². The van der Waals surface area contributed by atoms with Gasteiger partial charge >= 0.3 is 0 Å². The van der Waals surface area contributed by atoms with Crippen molar-refractivity contribution in [1.82, 2.24) is 9.80 Å². The van der Waals surface area contributed by atoms with Crippen molar-refractivity contribution in [3.05, 3.63) is 18.2 Å². The van der Waals surface area contributed by atoms with Gasteiger partial charge in [0, 0.05) is 37.9 Å². The fourth-order valence-electron chi connectivity index (χ4n) is 2.38. The van der Waals surface area contributed by atoms with Crippen molar-refractivity contribution in [1.29, 1.82) is 0 Å². The van der Waals surface area contributed by atoms with Crippen molar-refractivity contribution in [2.75, 3.05) is 52.3 Å². The maximum Gasteiger partial charge on any atom is 0.173 e. The van der Waals surface area contributed by atoms with Gasteiger partial charge in [0.1, 0.15) is 0 Å². The first-order valence-corrected chi connectivity index (χ1v) is 7.59. The van der Waals surface area contributed by atoms with E-state index < -0.39 is 0 Å². The first kappa shape index (κ1) is 15.9. The van der Waals surface area contributed by atoms with Crippen LogP contribution in [0.5, 0.6) is 11.5 Å². The molecule has 2 rings (SSSR count). The lowest BCUT2D eigenvalue weighted by atomic mass is 10.2. The van der Waals surface area contributed by atoms with Crippen LogP contribution in [0, 0.1) is 0 Å². The molecule has 1 heterocycles. The monoisotopic (exact) mass is 309 g/mol. The standard InChI is InChI=1S/C15H23N3O2S/c1-4-17-7-9-18(10-8-17)15(21)16-12-5-6-13(19-2)14(11-12)20-3/h5-6,11H,4,7-10H2,1-3H3,(H,16,21). The molecule has 1 N–H and O–H groups in total. The third-order valence-corrected chi connectivity index (χ3v) is 4.10. The van der Waals surface area contributed by atoms with Crippen molar-refractivity contribution in [3.63, 3.8) is 0 Å². The summed E-state index contributed by atoms with van der Waals surface area (Å²) >= 11 is 5.50. The number of piperazine rings is 1. The minimum absolute atomic E-state index is 0.695. The maximum atomic E-state index is 5.50. The molecule has 1 aromatic rings. The molecule has 1 aromatic carbocycles. The smallest absolute Gasteiger partial charge is 0.173 e. The minimum Gasteiger partial charge on any atom is -0.493 e. The highest BCUT2D eigenvalue weighted by Gasteiger charge is 2.18. The number of anilines is 1. The highest BCUT2D eigenvalue weighted by Crippen LogP contribution is 2.29. The first-order chi connectivity index (χ1) is 10.2. The van der Waals surface area contributed by atoms with Gasteiger partial charge in [0.25, 0.3) is 0 Å². The molecule has 6 heteroatoms. The van der Waals surface area contributed by atoms with Gasteiger partial charge < -0.3 is 24.6 Å². The number of hydrogen-bond acceptors (Lipinski definition) is 4. The Balaban J connectivity index is 1.96. The molecule has 0 aliphatic carbocycles. The third kappa shape index (κ3) is 3.98. The molecule has 0 atom stereocenters. The molecule has 0 aromatic heterocycles.